The van der Waals surface area contributed by atoms with Gasteiger partial charge in [0.15, 0.2) is 0 Å². The van der Waals surface area contributed by atoms with Crippen LogP contribution >= 0.6 is 11.6 Å². The Morgan fingerprint density at radius 3 is 2.52 bits per heavy atom. The Morgan fingerprint density at radius 1 is 1.06 bits per heavy atom. The number of halogens is 1. The number of aromatic nitrogens is 1. The molecule has 6 nitrogen and oxygen atoms in total. The molecule has 2 aliphatic rings. The molecule has 31 heavy (non-hydrogen) atoms. The van der Waals surface area contributed by atoms with Crippen LogP contribution in [0.4, 0.5) is 0 Å². The lowest BCUT2D eigenvalue weighted by molar-refractivity contribution is -0.122. The molecular formula is C24H28ClN3O3. The van der Waals surface area contributed by atoms with Crippen LogP contribution in [0.15, 0.2) is 47.4 Å². The molecule has 1 aromatic carbocycles. The quantitative estimate of drug-likeness (QED) is 0.690. The van der Waals surface area contributed by atoms with E-state index < -0.39 is 0 Å². The van der Waals surface area contributed by atoms with Crippen LogP contribution in [0, 0.1) is 0 Å². The third-order valence-corrected chi connectivity index (χ3v) is 6.75. The molecule has 164 valence electrons. The van der Waals surface area contributed by atoms with Gasteiger partial charge in [-0.25, -0.2) is 0 Å². The summed E-state index contributed by atoms with van der Waals surface area (Å²) < 4.78 is 1.30. The Morgan fingerprint density at radius 2 is 1.81 bits per heavy atom. The lowest BCUT2D eigenvalue weighted by atomic mass is 9.95. The van der Waals surface area contributed by atoms with Crippen molar-refractivity contribution in [1.29, 1.82) is 0 Å². The maximum atomic E-state index is 12.7. The predicted octanol–water partition coefficient (Wildman–Crippen LogP) is 3.41. The zero-order valence-corrected chi connectivity index (χ0v) is 18.3. The number of rotatable bonds is 7. The van der Waals surface area contributed by atoms with Crippen molar-refractivity contribution in [3.8, 4) is 0 Å². The maximum absolute atomic E-state index is 12.7. The summed E-state index contributed by atoms with van der Waals surface area (Å²) in [6, 6.07) is 10.7. The van der Waals surface area contributed by atoms with Gasteiger partial charge < -0.3 is 15.2 Å². The third kappa shape index (κ3) is 5.18. The second kappa shape index (κ2) is 9.27. The molecule has 7 heteroatoms. The monoisotopic (exact) mass is 441 g/mol. The van der Waals surface area contributed by atoms with E-state index in [1.54, 1.807) is 0 Å². The van der Waals surface area contributed by atoms with Crippen molar-refractivity contribution in [2.24, 2.45) is 0 Å². The van der Waals surface area contributed by atoms with Crippen molar-refractivity contribution in [1.82, 2.24) is 15.2 Å². The number of nitrogens with one attached hydrogen (secondary N) is 2. The van der Waals surface area contributed by atoms with E-state index in [1.807, 2.05) is 24.3 Å². The van der Waals surface area contributed by atoms with E-state index in [0.29, 0.717) is 17.1 Å². The zero-order chi connectivity index (χ0) is 21.8. The van der Waals surface area contributed by atoms with Gasteiger partial charge in [0.2, 0.25) is 5.91 Å². The van der Waals surface area contributed by atoms with Crippen molar-refractivity contribution < 1.29 is 9.59 Å². The SMILES string of the molecule is O=C(Cn1cc(C(=O)NCC2(c3ccccc3Cl)CC2)ccc1=O)NC1CCCCC1. The number of nitrogens with zero attached hydrogens (tertiary/aromatic N) is 1. The number of carbonyl (C=O) groups is 2. The highest BCUT2D eigenvalue weighted by Crippen LogP contribution is 2.49. The molecule has 2 saturated carbocycles. The van der Waals surface area contributed by atoms with Crippen LogP contribution in [0.2, 0.25) is 5.02 Å². The number of hydrogen-bond donors (Lipinski definition) is 2. The largest absolute Gasteiger partial charge is 0.352 e. The average molecular weight is 442 g/mol. The number of amides is 2. The first-order valence-electron chi connectivity index (χ1n) is 11.0. The second-order valence-electron chi connectivity index (χ2n) is 8.73. The van der Waals surface area contributed by atoms with Crippen LogP contribution in [0.3, 0.4) is 0 Å². The highest BCUT2D eigenvalue weighted by atomic mass is 35.5. The van der Waals surface area contributed by atoms with Gasteiger partial charge in [-0.05, 0) is 43.4 Å². The lowest BCUT2D eigenvalue weighted by Gasteiger charge is -2.23. The smallest absolute Gasteiger partial charge is 0.252 e. The molecule has 1 heterocycles. The van der Waals surface area contributed by atoms with Crippen LogP contribution < -0.4 is 16.2 Å². The van der Waals surface area contributed by atoms with Crippen LogP contribution in [0.25, 0.3) is 0 Å². The van der Waals surface area contributed by atoms with Crippen molar-refractivity contribution in [2.75, 3.05) is 6.54 Å². The summed E-state index contributed by atoms with van der Waals surface area (Å²) in [5.41, 5.74) is 0.994. The van der Waals surface area contributed by atoms with Gasteiger partial charge in [-0.15, -0.1) is 0 Å². The van der Waals surface area contributed by atoms with E-state index in [0.717, 1.165) is 44.1 Å². The first-order chi connectivity index (χ1) is 15.0. The predicted molar refractivity (Wildman–Crippen MR) is 120 cm³/mol. The van der Waals surface area contributed by atoms with E-state index in [-0.39, 0.29) is 35.4 Å². The molecule has 0 atom stereocenters. The molecule has 2 aliphatic carbocycles. The molecule has 0 radical (unpaired) electrons. The minimum Gasteiger partial charge on any atom is -0.352 e. The Balaban J connectivity index is 1.38. The van der Waals surface area contributed by atoms with Crippen molar-refractivity contribution in [2.45, 2.75) is 62.9 Å². The van der Waals surface area contributed by atoms with Gasteiger partial charge in [0.05, 0.1) is 5.56 Å². The molecule has 4 rings (SSSR count). The summed E-state index contributed by atoms with van der Waals surface area (Å²) in [5, 5.41) is 6.70. The molecule has 0 spiro atoms. The minimum absolute atomic E-state index is 0.0833. The molecule has 2 N–H and O–H groups in total. The van der Waals surface area contributed by atoms with Gasteiger partial charge in [0.25, 0.3) is 11.5 Å². The average Bonchev–Trinajstić information content (AvgIpc) is 3.55. The second-order valence-corrected chi connectivity index (χ2v) is 9.14. The number of benzene rings is 1. The number of pyridine rings is 1. The van der Waals surface area contributed by atoms with Crippen molar-refractivity contribution >= 4 is 23.4 Å². The molecule has 2 aromatic rings. The van der Waals surface area contributed by atoms with E-state index >= 15 is 0 Å². The molecule has 0 aliphatic heterocycles. The van der Waals surface area contributed by atoms with Crippen molar-refractivity contribution in [3.63, 3.8) is 0 Å². The zero-order valence-electron chi connectivity index (χ0n) is 17.5. The standard InChI is InChI=1S/C24H28ClN3O3/c25-20-9-5-4-8-19(20)24(12-13-24)16-26-23(31)17-10-11-22(30)28(14-17)15-21(29)27-18-6-2-1-3-7-18/h4-5,8-11,14,18H,1-3,6-7,12-13,15-16H2,(H,26,31)(H,27,29). The van der Waals surface area contributed by atoms with Gasteiger partial charge >= 0.3 is 0 Å². The molecule has 1 aromatic heterocycles. The van der Waals surface area contributed by atoms with Crippen LogP contribution in [-0.4, -0.2) is 29.0 Å². The number of carbonyl (C=O) groups excluding carboxylic acids is 2. The fourth-order valence-corrected chi connectivity index (χ4v) is 4.74. The molecule has 0 unspecified atom stereocenters. The Bertz CT molecular complexity index is 1020. The fourth-order valence-electron chi connectivity index (χ4n) is 4.40. The van der Waals surface area contributed by atoms with Crippen LogP contribution in [0.1, 0.15) is 60.9 Å². The summed E-state index contributed by atoms with van der Waals surface area (Å²) in [7, 11) is 0. The summed E-state index contributed by atoms with van der Waals surface area (Å²) in [4.78, 5) is 37.3. The third-order valence-electron chi connectivity index (χ3n) is 6.42. The molecule has 0 saturated heterocycles. The van der Waals surface area contributed by atoms with Crippen LogP contribution in [-0.2, 0) is 16.8 Å². The topological polar surface area (TPSA) is 80.2 Å². The van der Waals surface area contributed by atoms with Gasteiger partial charge in [0.1, 0.15) is 6.54 Å². The molecule has 0 bridgehead atoms. The van der Waals surface area contributed by atoms with E-state index in [1.165, 1.54) is 29.3 Å². The first kappa shape index (κ1) is 21.6. The lowest BCUT2D eigenvalue weighted by Crippen LogP contribution is -2.40. The summed E-state index contributed by atoms with van der Waals surface area (Å²) in [6.45, 7) is 0.400. The maximum Gasteiger partial charge on any atom is 0.252 e. The Kier molecular flexibility index (Phi) is 6.46. The van der Waals surface area contributed by atoms with E-state index in [4.69, 9.17) is 11.6 Å². The summed E-state index contributed by atoms with van der Waals surface area (Å²) in [6.07, 6.45) is 8.82. The van der Waals surface area contributed by atoms with Gasteiger partial charge in [-0.3, -0.25) is 14.4 Å². The first-order valence-corrected chi connectivity index (χ1v) is 11.4. The highest BCUT2D eigenvalue weighted by Gasteiger charge is 2.45. The molecule has 2 amide bonds. The van der Waals surface area contributed by atoms with Crippen LogP contribution in [0.5, 0.6) is 0 Å². The minimum atomic E-state index is -0.301. The Labute approximate surface area is 187 Å². The van der Waals surface area contributed by atoms with Crippen molar-refractivity contribution in [3.05, 3.63) is 69.1 Å². The van der Waals surface area contributed by atoms with E-state index in [9.17, 15) is 14.4 Å². The Hall–Kier alpha value is -2.60. The molecule has 2 fully saturated rings. The summed E-state index contributed by atoms with van der Waals surface area (Å²) >= 11 is 6.35. The van der Waals surface area contributed by atoms with Gasteiger partial charge in [0, 0.05) is 35.3 Å². The van der Waals surface area contributed by atoms with Gasteiger partial charge in [-0.1, -0.05) is 49.1 Å². The van der Waals surface area contributed by atoms with Gasteiger partial charge in [-0.2, -0.15) is 0 Å². The summed E-state index contributed by atoms with van der Waals surface area (Å²) in [5.74, 6) is -0.457. The van der Waals surface area contributed by atoms with E-state index in [2.05, 4.69) is 10.6 Å². The fraction of sp³-hybridized carbons (Fsp3) is 0.458. The number of hydrogen-bond acceptors (Lipinski definition) is 3. The normalized spacial score (nSPS) is 17.7. The highest BCUT2D eigenvalue weighted by molar-refractivity contribution is 6.31. The molecular weight excluding hydrogens is 414 g/mol.